The molecule has 2 N–H and O–H groups in total. The topological polar surface area (TPSA) is 61.8 Å². The minimum atomic E-state index is -0.0788. The summed E-state index contributed by atoms with van der Waals surface area (Å²) in [7, 11) is 1.64. The Labute approximate surface area is 119 Å². The summed E-state index contributed by atoms with van der Waals surface area (Å²) in [4.78, 5) is 14.0. The zero-order valence-corrected chi connectivity index (χ0v) is 11.8. The molecule has 0 atom stereocenters. The predicted octanol–water partition coefficient (Wildman–Crippen LogP) is 2.07. The fourth-order valence-electron chi connectivity index (χ4n) is 2.44. The van der Waals surface area contributed by atoms with E-state index in [1.54, 1.807) is 12.0 Å². The number of methoxy groups -OCH3 is 1. The van der Waals surface area contributed by atoms with Crippen LogP contribution in [0.3, 0.4) is 0 Å². The molecule has 1 aromatic rings. The van der Waals surface area contributed by atoms with Crippen LogP contribution in [0.15, 0.2) is 24.3 Å². The fraction of sp³-hybridized carbons (Fsp3) is 0.533. The number of nitrogens with zero attached hydrogens (tertiary/aromatic N) is 1. The number of urea groups is 1. The largest absolute Gasteiger partial charge is 0.396 e. The second-order valence-electron chi connectivity index (χ2n) is 5.13. The standard InChI is InChI=1S/C15H22N2O3/c1-20-11-13-4-2-3-5-14(13)16-15(19)17-8-6-12(10-18)7-9-17/h2-5,12,18H,6-11H2,1H3,(H,16,19). The van der Waals surface area contributed by atoms with Gasteiger partial charge < -0.3 is 20.1 Å². The van der Waals surface area contributed by atoms with Gasteiger partial charge in [-0.05, 0) is 24.8 Å². The van der Waals surface area contributed by atoms with Crippen molar-refractivity contribution in [1.29, 1.82) is 0 Å². The van der Waals surface area contributed by atoms with Gasteiger partial charge in [0.15, 0.2) is 0 Å². The van der Waals surface area contributed by atoms with Crippen molar-refractivity contribution in [3.63, 3.8) is 0 Å². The minimum absolute atomic E-state index is 0.0788. The van der Waals surface area contributed by atoms with E-state index < -0.39 is 0 Å². The Morgan fingerprint density at radius 3 is 2.75 bits per heavy atom. The van der Waals surface area contributed by atoms with Crippen molar-refractivity contribution >= 4 is 11.7 Å². The molecule has 1 aromatic carbocycles. The second-order valence-corrected chi connectivity index (χ2v) is 5.13. The number of piperidine rings is 1. The number of anilines is 1. The first-order valence-corrected chi connectivity index (χ1v) is 6.98. The maximum Gasteiger partial charge on any atom is 0.321 e. The van der Waals surface area contributed by atoms with Gasteiger partial charge >= 0.3 is 6.03 Å². The van der Waals surface area contributed by atoms with Crippen molar-refractivity contribution in [3.05, 3.63) is 29.8 Å². The molecular formula is C15H22N2O3. The van der Waals surface area contributed by atoms with E-state index in [0.717, 1.165) is 24.1 Å². The predicted molar refractivity (Wildman–Crippen MR) is 77.6 cm³/mol. The van der Waals surface area contributed by atoms with Crippen molar-refractivity contribution in [2.75, 3.05) is 32.1 Å². The van der Waals surface area contributed by atoms with Crippen LogP contribution in [-0.2, 0) is 11.3 Å². The molecule has 0 aliphatic carbocycles. The molecule has 0 aromatic heterocycles. The summed E-state index contributed by atoms with van der Waals surface area (Å²) in [5, 5.41) is 12.1. The molecule has 1 aliphatic heterocycles. The van der Waals surface area contributed by atoms with E-state index in [9.17, 15) is 4.79 Å². The summed E-state index contributed by atoms with van der Waals surface area (Å²) in [6.07, 6.45) is 1.73. The molecule has 0 unspecified atom stereocenters. The van der Waals surface area contributed by atoms with Crippen LogP contribution in [0.25, 0.3) is 0 Å². The average molecular weight is 278 g/mol. The van der Waals surface area contributed by atoms with E-state index in [-0.39, 0.29) is 12.6 Å². The lowest BCUT2D eigenvalue weighted by Gasteiger charge is -2.31. The molecule has 2 rings (SSSR count). The molecule has 0 radical (unpaired) electrons. The number of benzene rings is 1. The van der Waals surface area contributed by atoms with E-state index in [2.05, 4.69) is 5.32 Å². The third-order valence-corrected chi connectivity index (χ3v) is 3.72. The third kappa shape index (κ3) is 3.71. The smallest absolute Gasteiger partial charge is 0.321 e. The molecule has 1 fully saturated rings. The molecule has 110 valence electrons. The molecule has 1 aliphatic rings. The van der Waals surface area contributed by atoms with Gasteiger partial charge in [0.2, 0.25) is 0 Å². The second kappa shape index (κ2) is 7.26. The van der Waals surface area contributed by atoms with E-state index >= 15 is 0 Å². The van der Waals surface area contributed by atoms with Crippen LogP contribution in [0.1, 0.15) is 18.4 Å². The molecular weight excluding hydrogens is 256 g/mol. The van der Waals surface area contributed by atoms with Gasteiger partial charge in [0.05, 0.1) is 6.61 Å². The van der Waals surface area contributed by atoms with Gasteiger partial charge in [-0.2, -0.15) is 0 Å². The lowest BCUT2D eigenvalue weighted by molar-refractivity contribution is 0.143. The Balaban J connectivity index is 1.95. The van der Waals surface area contributed by atoms with Crippen LogP contribution >= 0.6 is 0 Å². The maximum atomic E-state index is 12.2. The van der Waals surface area contributed by atoms with Gasteiger partial charge in [0.1, 0.15) is 0 Å². The fourth-order valence-corrected chi connectivity index (χ4v) is 2.44. The molecule has 2 amide bonds. The van der Waals surface area contributed by atoms with Crippen LogP contribution in [-0.4, -0.2) is 42.8 Å². The Morgan fingerprint density at radius 2 is 2.10 bits per heavy atom. The zero-order chi connectivity index (χ0) is 14.4. The van der Waals surface area contributed by atoms with Crippen LogP contribution in [0, 0.1) is 5.92 Å². The molecule has 0 saturated carbocycles. The highest BCUT2D eigenvalue weighted by molar-refractivity contribution is 5.90. The Hall–Kier alpha value is -1.59. The molecule has 0 bridgehead atoms. The lowest BCUT2D eigenvalue weighted by Crippen LogP contribution is -2.41. The SMILES string of the molecule is COCc1ccccc1NC(=O)N1CCC(CO)CC1. The third-order valence-electron chi connectivity index (χ3n) is 3.72. The monoisotopic (exact) mass is 278 g/mol. The number of hydrogen-bond donors (Lipinski definition) is 2. The first kappa shape index (κ1) is 14.8. The van der Waals surface area contributed by atoms with E-state index in [1.165, 1.54) is 0 Å². The van der Waals surface area contributed by atoms with E-state index in [1.807, 2.05) is 24.3 Å². The molecule has 5 heteroatoms. The number of amides is 2. The quantitative estimate of drug-likeness (QED) is 0.886. The Morgan fingerprint density at radius 1 is 1.40 bits per heavy atom. The number of carbonyl (C=O) groups is 1. The minimum Gasteiger partial charge on any atom is -0.396 e. The van der Waals surface area contributed by atoms with Gasteiger partial charge in [0.25, 0.3) is 0 Å². The average Bonchev–Trinajstić information content (AvgIpc) is 2.49. The van der Waals surface area contributed by atoms with Crippen molar-refractivity contribution in [2.45, 2.75) is 19.4 Å². The number of likely N-dealkylation sites (tertiary alicyclic amines) is 1. The first-order chi connectivity index (χ1) is 9.74. The number of aliphatic hydroxyl groups excluding tert-OH is 1. The van der Waals surface area contributed by atoms with Crippen molar-refractivity contribution in [2.24, 2.45) is 5.92 Å². The Kier molecular flexibility index (Phi) is 5.38. The molecule has 1 saturated heterocycles. The number of carbonyl (C=O) groups excluding carboxylic acids is 1. The summed E-state index contributed by atoms with van der Waals surface area (Å²) < 4.78 is 5.13. The first-order valence-electron chi connectivity index (χ1n) is 6.98. The summed E-state index contributed by atoms with van der Waals surface area (Å²) in [5.41, 5.74) is 1.76. The van der Waals surface area contributed by atoms with Crippen molar-refractivity contribution in [3.8, 4) is 0 Å². The lowest BCUT2D eigenvalue weighted by atomic mass is 9.98. The van der Waals surface area contributed by atoms with E-state index in [4.69, 9.17) is 9.84 Å². The van der Waals surface area contributed by atoms with Gasteiger partial charge in [-0.1, -0.05) is 18.2 Å². The van der Waals surface area contributed by atoms with Gasteiger partial charge in [0, 0.05) is 38.1 Å². The molecule has 1 heterocycles. The van der Waals surface area contributed by atoms with Gasteiger partial charge in [-0.15, -0.1) is 0 Å². The molecule has 0 spiro atoms. The number of rotatable bonds is 4. The zero-order valence-electron chi connectivity index (χ0n) is 11.8. The van der Waals surface area contributed by atoms with Crippen LogP contribution < -0.4 is 5.32 Å². The van der Waals surface area contributed by atoms with Crippen LogP contribution in [0.5, 0.6) is 0 Å². The summed E-state index contributed by atoms with van der Waals surface area (Å²) in [6, 6.07) is 7.57. The molecule has 20 heavy (non-hydrogen) atoms. The number of ether oxygens (including phenoxy) is 1. The van der Waals surface area contributed by atoms with E-state index in [0.29, 0.717) is 25.6 Å². The number of nitrogens with one attached hydrogen (secondary N) is 1. The highest BCUT2D eigenvalue weighted by Gasteiger charge is 2.22. The van der Waals surface area contributed by atoms with Crippen molar-refractivity contribution < 1.29 is 14.6 Å². The van der Waals surface area contributed by atoms with Gasteiger partial charge in [-0.3, -0.25) is 0 Å². The maximum absolute atomic E-state index is 12.2. The highest BCUT2D eigenvalue weighted by atomic mass is 16.5. The summed E-state index contributed by atoms with van der Waals surface area (Å²) in [5.74, 6) is 0.333. The number of aliphatic hydroxyl groups is 1. The van der Waals surface area contributed by atoms with Gasteiger partial charge in [-0.25, -0.2) is 4.79 Å². The number of para-hydroxylation sites is 1. The molecule has 5 nitrogen and oxygen atoms in total. The van der Waals surface area contributed by atoms with Crippen LogP contribution in [0.2, 0.25) is 0 Å². The summed E-state index contributed by atoms with van der Waals surface area (Å²) >= 11 is 0. The Bertz CT molecular complexity index is 442. The van der Waals surface area contributed by atoms with Crippen molar-refractivity contribution in [1.82, 2.24) is 4.90 Å². The number of hydrogen-bond acceptors (Lipinski definition) is 3. The highest BCUT2D eigenvalue weighted by Crippen LogP contribution is 2.19. The summed E-state index contributed by atoms with van der Waals surface area (Å²) in [6.45, 7) is 2.09. The normalized spacial score (nSPS) is 16.2. The van der Waals surface area contributed by atoms with Crippen LogP contribution in [0.4, 0.5) is 10.5 Å².